The Morgan fingerprint density at radius 2 is 1.17 bits per heavy atom. The number of esters is 2. The van der Waals surface area contributed by atoms with Crippen molar-refractivity contribution < 1.29 is 27.8 Å². The summed E-state index contributed by atoms with van der Waals surface area (Å²) in [5.74, 6) is -3.28. The van der Waals surface area contributed by atoms with E-state index in [0.717, 1.165) is 12.1 Å². The van der Waals surface area contributed by atoms with E-state index >= 15 is 0 Å². The fourth-order valence-corrected chi connectivity index (χ4v) is 2.31. The van der Waals surface area contributed by atoms with Gasteiger partial charge in [-0.25, -0.2) is 18.4 Å². The highest BCUT2D eigenvalue weighted by atomic mass is 19.1. The zero-order chi connectivity index (χ0) is 17.7. The van der Waals surface area contributed by atoms with E-state index in [4.69, 9.17) is 9.47 Å². The molecular weight excluding hydrogens is 318 g/mol. The summed E-state index contributed by atoms with van der Waals surface area (Å²) in [5, 5.41) is 0. The topological polar surface area (TPSA) is 52.6 Å². The Morgan fingerprint density at radius 3 is 1.50 bits per heavy atom. The van der Waals surface area contributed by atoms with Crippen LogP contribution in [0.2, 0.25) is 0 Å². The smallest absolute Gasteiger partial charge is 0.338 e. The van der Waals surface area contributed by atoms with Crippen molar-refractivity contribution in [1.82, 2.24) is 0 Å². The van der Waals surface area contributed by atoms with Gasteiger partial charge in [0, 0.05) is 11.1 Å². The largest absolute Gasteiger partial charge is 0.462 e. The molecule has 24 heavy (non-hydrogen) atoms. The van der Waals surface area contributed by atoms with Crippen LogP contribution in [0.1, 0.15) is 34.6 Å². The second-order valence-electron chi connectivity index (χ2n) is 4.77. The number of benzene rings is 2. The van der Waals surface area contributed by atoms with Crippen LogP contribution in [0.5, 0.6) is 0 Å². The normalized spacial score (nSPS) is 10.3. The van der Waals surface area contributed by atoms with Crippen LogP contribution in [0.15, 0.2) is 36.4 Å². The summed E-state index contributed by atoms with van der Waals surface area (Å²) >= 11 is 0. The van der Waals surface area contributed by atoms with Crippen molar-refractivity contribution in [3.8, 4) is 11.1 Å². The molecule has 0 aliphatic rings. The lowest BCUT2D eigenvalue weighted by molar-refractivity contribution is 0.0514. The third-order valence-corrected chi connectivity index (χ3v) is 3.27. The van der Waals surface area contributed by atoms with Crippen LogP contribution < -0.4 is 0 Å². The van der Waals surface area contributed by atoms with Gasteiger partial charge >= 0.3 is 11.9 Å². The highest BCUT2D eigenvalue weighted by Gasteiger charge is 2.25. The monoisotopic (exact) mass is 334 g/mol. The van der Waals surface area contributed by atoms with E-state index in [1.807, 2.05) is 0 Å². The van der Waals surface area contributed by atoms with Crippen LogP contribution in [0.3, 0.4) is 0 Å². The van der Waals surface area contributed by atoms with E-state index in [2.05, 4.69) is 0 Å². The van der Waals surface area contributed by atoms with Crippen LogP contribution in [0, 0.1) is 11.6 Å². The maximum atomic E-state index is 14.4. The molecule has 0 unspecified atom stereocenters. The van der Waals surface area contributed by atoms with Gasteiger partial charge in [-0.15, -0.1) is 0 Å². The Hall–Kier alpha value is -2.76. The highest BCUT2D eigenvalue weighted by molar-refractivity contribution is 6.03. The molecule has 0 N–H and O–H groups in total. The molecule has 0 amide bonds. The molecular formula is C18H16F2O4. The summed E-state index contributed by atoms with van der Waals surface area (Å²) in [6.45, 7) is 3.36. The fourth-order valence-electron chi connectivity index (χ4n) is 2.31. The van der Waals surface area contributed by atoms with Gasteiger partial charge in [0.2, 0.25) is 0 Å². The molecule has 0 aromatic heterocycles. The number of ether oxygens (including phenoxy) is 2. The van der Waals surface area contributed by atoms with Crippen LogP contribution >= 0.6 is 0 Å². The molecule has 0 aliphatic carbocycles. The van der Waals surface area contributed by atoms with Gasteiger partial charge in [-0.05, 0) is 38.1 Å². The molecule has 0 radical (unpaired) electrons. The molecule has 4 nitrogen and oxygen atoms in total. The number of hydrogen-bond donors (Lipinski definition) is 0. The number of rotatable bonds is 5. The van der Waals surface area contributed by atoms with Crippen LogP contribution in [-0.4, -0.2) is 25.2 Å². The molecule has 0 atom stereocenters. The van der Waals surface area contributed by atoms with E-state index in [-0.39, 0.29) is 35.5 Å². The van der Waals surface area contributed by atoms with Crippen LogP contribution in [-0.2, 0) is 9.47 Å². The minimum absolute atomic E-state index is 0.0802. The Morgan fingerprint density at radius 1 is 0.792 bits per heavy atom. The average molecular weight is 334 g/mol. The molecule has 6 heteroatoms. The number of halogens is 2. The first kappa shape index (κ1) is 17.6. The summed E-state index contributed by atoms with van der Waals surface area (Å²) in [5.41, 5.74) is -0.964. The standard InChI is InChI=1S/C18H16F2O4/c1-3-23-17(21)11-7-5-9-13(19)15(11)16-12(18(22)24-4-2)8-6-10-14(16)20/h5-10H,3-4H2,1-2H3. The van der Waals surface area contributed by atoms with E-state index in [1.54, 1.807) is 13.8 Å². The molecule has 2 aromatic rings. The van der Waals surface area contributed by atoms with Crippen molar-refractivity contribution in [3.05, 3.63) is 59.2 Å². The molecule has 126 valence electrons. The van der Waals surface area contributed by atoms with Gasteiger partial charge in [0.25, 0.3) is 0 Å². The second kappa shape index (κ2) is 7.68. The lowest BCUT2D eigenvalue weighted by Crippen LogP contribution is -2.12. The predicted molar refractivity (Wildman–Crippen MR) is 83.7 cm³/mol. The second-order valence-corrected chi connectivity index (χ2v) is 4.77. The average Bonchev–Trinajstić information content (AvgIpc) is 2.55. The maximum Gasteiger partial charge on any atom is 0.338 e. The van der Waals surface area contributed by atoms with Gasteiger partial charge in [-0.2, -0.15) is 0 Å². The van der Waals surface area contributed by atoms with Crippen LogP contribution in [0.4, 0.5) is 8.78 Å². The summed E-state index contributed by atoms with van der Waals surface area (Å²) in [6.07, 6.45) is 0. The predicted octanol–water partition coefficient (Wildman–Crippen LogP) is 3.99. The van der Waals surface area contributed by atoms with Crippen LogP contribution in [0.25, 0.3) is 11.1 Å². The van der Waals surface area contributed by atoms with E-state index in [0.29, 0.717) is 0 Å². The fraction of sp³-hybridized carbons (Fsp3) is 0.222. The first-order chi connectivity index (χ1) is 11.5. The summed E-state index contributed by atoms with van der Waals surface area (Å²) < 4.78 is 38.6. The molecule has 2 rings (SSSR count). The summed E-state index contributed by atoms with van der Waals surface area (Å²) in [4.78, 5) is 24.2. The van der Waals surface area contributed by atoms with Gasteiger partial charge in [0.05, 0.1) is 24.3 Å². The zero-order valence-corrected chi connectivity index (χ0v) is 13.3. The molecule has 0 bridgehead atoms. The van der Waals surface area contributed by atoms with Gasteiger partial charge < -0.3 is 9.47 Å². The van der Waals surface area contributed by atoms with E-state index in [9.17, 15) is 18.4 Å². The van der Waals surface area contributed by atoms with Crippen molar-refractivity contribution in [2.45, 2.75) is 13.8 Å². The Labute approximate surface area is 138 Å². The number of carbonyl (C=O) groups is 2. The Bertz CT molecular complexity index is 706. The number of carbonyl (C=O) groups excluding carboxylic acids is 2. The molecule has 2 aromatic carbocycles. The van der Waals surface area contributed by atoms with Crippen molar-refractivity contribution in [2.24, 2.45) is 0 Å². The van der Waals surface area contributed by atoms with Crippen molar-refractivity contribution in [3.63, 3.8) is 0 Å². The zero-order valence-electron chi connectivity index (χ0n) is 13.3. The molecule has 0 saturated carbocycles. The minimum atomic E-state index is -0.837. The highest BCUT2D eigenvalue weighted by Crippen LogP contribution is 2.33. The maximum absolute atomic E-state index is 14.4. The van der Waals surface area contributed by atoms with Crippen molar-refractivity contribution >= 4 is 11.9 Å². The van der Waals surface area contributed by atoms with Gasteiger partial charge in [-0.3, -0.25) is 0 Å². The Balaban J connectivity index is 2.73. The van der Waals surface area contributed by atoms with Crippen molar-refractivity contribution in [1.29, 1.82) is 0 Å². The Kier molecular flexibility index (Phi) is 5.63. The minimum Gasteiger partial charge on any atom is -0.462 e. The molecule has 0 spiro atoms. The summed E-state index contributed by atoms with van der Waals surface area (Å²) in [7, 11) is 0. The quantitative estimate of drug-likeness (QED) is 0.776. The molecule has 0 heterocycles. The number of hydrogen-bond acceptors (Lipinski definition) is 4. The van der Waals surface area contributed by atoms with Gasteiger partial charge in [0.15, 0.2) is 0 Å². The van der Waals surface area contributed by atoms with Gasteiger partial charge in [0.1, 0.15) is 11.6 Å². The first-order valence-electron chi connectivity index (χ1n) is 7.42. The summed E-state index contributed by atoms with van der Waals surface area (Å²) in [6, 6.07) is 7.43. The lowest BCUT2D eigenvalue weighted by atomic mass is 9.94. The first-order valence-corrected chi connectivity index (χ1v) is 7.42. The SMILES string of the molecule is CCOC(=O)c1cccc(F)c1-c1c(F)cccc1C(=O)OCC. The van der Waals surface area contributed by atoms with E-state index < -0.39 is 23.6 Å². The molecule has 0 saturated heterocycles. The molecule has 0 fully saturated rings. The molecule has 0 aliphatic heterocycles. The third kappa shape index (κ3) is 3.42. The van der Waals surface area contributed by atoms with Crippen molar-refractivity contribution in [2.75, 3.05) is 13.2 Å². The van der Waals surface area contributed by atoms with Gasteiger partial charge in [-0.1, -0.05) is 12.1 Å². The van der Waals surface area contributed by atoms with E-state index in [1.165, 1.54) is 24.3 Å². The lowest BCUT2D eigenvalue weighted by Gasteiger charge is -2.14. The third-order valence-electron chi connectivity index (χ3n) is 3.27.